The molecule has 0 aromatic rings. The fraction of sp³-hybridized carbons (Fsp3) is 0.833. The number of carbonyl (C=O) groups is 2. The van der Waals surface area contributed by atoms with Crippen LogP contribution in [0.3, 0.4) is 0 Å². The molecule has 2 atom stereocenters. The van der Waals surface area contributed by atoms with E-state index < -0.39 is 24.0 Å². The summed E-state index contributed by atoms with van der Waals surface area (Å²) in [6, 6.07) is -1.34. The third-order valence-corrected chi connectivity index (χ3v) is 4.36. The van der Waals surface area contributed by atoms with Crippen LogP contribution in [-0.4, -0.2) is 47.7 Å². The third-order valence-electron chi connectivity index (χ3n) is 1.89. The van der Waals surface area contributed by atoms with E-state index in [2.05, 4.69) is 0 Å². The van der Waals surface area contributed by atoms with Crippen molar-refractivity contribution in [3.05, 3.63) is 0 Å². The van der Waals surface area contributed by atoms with E-state index in [1.54, 1.807) is 27.7 Å². The molecule has 0 rings (SSSR count). The number of nitrogens with two attached hydrogens (primary N) is 2. The number of hydrogen-bond donors (Lipinski definition) is 2. The van der Waals surface area contributed by atoms with Crippen LogP contribution in [0.25, 0.3) is 0 Å². The first-order valence-electron chi connectivity index (χ1n) is 6.40. The highest BCUT2D eigenvalue weighted by atomic mass is 33.1. The van der Waals surface area contributed by atoms with Gasteiger partial charge in [0.1, 0.15) is 12.1 Å². The minimum absolute atomic E-state index is 0.176. The molecule has 8 heteroatoms. The summed E-state index contributed by atoms with van der Waals surface area (Å²) in [5, 5.41) is 0. The minimum atomic E-state index is -0.672. The van der Waals surface area contributed by atoms with Crippen LogP contribution < -0.4 is 11.5 Å². The molecular weight excluding hydrogens is 300 g/mol. The van der Waals surface area contributed by atoms with E-state index >= 15 is 0 Å². The second kappa shape index (κ2) is 10.3. The fourth-order valence-corrected chi connectivity index (χ4v) is 3.23. The lowest BCUT2D eigenvalue weighted by Gasteiger charge is -2.15. The number of esters is 2. The highest BCUT2D eigenvalue weighted by molar-refractivity contribution is 8.76. The van der Waals surface area contributed by atoms with Crippen molar-refractivity contribution in [1.82, 2.24) is 0 Å². The van der Waals surface area contributed by atoms with E-state index in [9.17, 15) is 9.59 Å². The van der Waals surface area contributed by atoms with Gasteiger partial charge < -0.3 is 20.9 Å². The predicted octanol–water partition coefficient (Wildman–Crippen LogP) is 0.926. The van der Waals surface area contributed by atoms with Crippen LogP contribution in [0.15, 0.2) is 0 Å². The molecule has 0 spiro atoms. The quantitative estimate of drug-likeness (QED) is 0.366. The molecule has 0 aliphatic rings. The Morgan fingerprint density at radius 1 is 0.850 bits per heavy atom. The van der Waals surface area contributed by atoms with Crippen molar-refractivity contribution in [2.75, 3.05) is 11.5 Å². The Balaban J connectivity index is 3.80. The molecule has 0 aliphatic carbocycles. The van der Waals surface area contributed by atoms with Crippen molar-refractivity contribution in [2.45, 2.75) is 52.0 Å². The first kappa shape index (κ1) is 19.6. The van der Waals surface area contributed by atoms with Gasteiger partial charge in [-0.05, 0) is 27.7 Å². The second-order valence-corrected chi connectivity index (χ2v) is 7.31. The monoisotopic (exact) mass is 324 g/mol. The zero-order chi connectivity index (χ0) is 15.7. The summed E-state index contributed by atoms with van der Waals surface area (Å²) in [7, 11) is 2.77. The van der Waals surface area contributed by atoms with Crippen molar-refractivity contribution in [3.63, 3.8) is 0 Å². The lowest BCUT2D eigenvalue weighted by atomic mass is 10.3. The highest BCUT2D eigenvalue weighted by Gasteiger charge is 2.19. The Hall–Kier alpha value is -0.440. The van der Waals surface area contributed by atoms with Crippen LogP contribution in [0.5, 0.6) is 0 Å². The first-order valence-corrected chi connectivity index (χ1v) is 8.89. The number of ether oxygens (including phenoxy) is 2. The van der Waals surface area contributed by atoms with E-state index in [4.69, 9.17) is 20.9 Å². The van der Waals surface area contributed by atoms with Gasteiger partial charge in [-0.3, -0.25) is 9.59 Å². The maximum Gasteiger partial charge on any atom is 0.324 e. The zero-order valence-corrected chi connectivity index (χ0v) is 14.0. The largest absolute Gasteiger partial charge is 0.462 e. The Morgan fingerprint density at radius 2 is 1.15 bits per heavy atom. The molecule has 0 aromatic heterocycles. The van der Waals surface area contributed by atoms with Gasteiger partial charge in [-0.2, -0.15) is 0 Å². The van der Waals surface area contributed by atoms with Crippen molar-refractivity contribution in [3.8, 4) is 0 Å². The molecule has 0 aliphatic heterocycles. The lowest BCUT2D eigenvalue weighted by molar-refractivity contribution is -0.149. The molecule has 0 heterocycles. The Labute approximate surface area is 128 Å². The predicted molar refractivity (Wildman–Crippen MR) is 83.3 cm³/mol. The zero-order valence-electron chi connectivity index (χ0n) is 12.3. The summed E-state index contributed by atoms with van der Waals surface area (Å²) in [6.45, 7) is 7.08. The van der Waals surface area contributed by atoms with Gasteiger partial charge in [0.15, 0.2) is 0 Å². The van der Waals surface area contributed by atoms with E-state index in [-0.39, 0.29) is 12.2 Å². The molecule has 0 saturated carbocycles. The lowest BCUT2D eigenvalue weighted by Crippen LogP contribution is -2.36. The van der Waals surface area contributed by atoms with Crippen LogP contribution in [0, 0.1) is 0 Å². The average molecular weight is 324 g/mol. The van der Waals surface area contributed by atoms with Crippen LogP contribution in [0.2, 0.25) is 0 Å². The molecule has 0 bridgehead atoms. The molecule has 0 aromatic carbocycles. The van der Waals surface area contributed by atoms with Gasteiger partial charge in [-0.25, -0.2) is 0 Å². The van der Waals surface area contributed by atoms with Crippen molar-refractivity contribution in [2.24, 2.45) is 11.5 Å². The summed E-state index contributed by atoms with van der Waals surface area (Å²) < 4.78 is 9.97. The minimum Gasteiger partial charge on any atom is -0.462 e. The summed E-state index contributed by atoms with van der Waals surface area (Å²) in [4.78, 5) is 22.9. The van der Waals surface area contributed by atoms with Crippen LogP contribution in [0.4, 0.5) is 0 Å². The molecule has 6 nitrogen and oxygen atoms in total. The van der Waals surface area contributed by atoms with E-state index in [0.717, 1.165) is 0 Å². The standard InChI is InChI=1S/C12H24N2O4S2/c1-7(2)17-11(15)9(13)5-19-20-6-10(14)12(16)18-8(3)4/h7-10H,5-6,13-14H2,1-4H3. The second-order valence-electron chi connectivity index (χ2n) is 4.75. The molecule has 2 unspecified atom stereocenters. The van der Waals surface area contributed by atoms with E-state index in [0.29, 0.717) is 11.5 Å². The number of carbonyl (C=O) groups excluding carboxylic acids is 2. The average Bonchev–Trinajstić information content (AvgIpc) is 2.32. The van der Waals surface area contributed by atoms with Crippen molar-refractivity contribution >= 4 is 33.5 Å². The Bertz CT molecular complexity index is 284. The SMILES string of the molecule is CC(C)OC(=O)C(N)CSSCC(N)C(=O)OC(C)C. The molecular formula is C12H24N2O4S2. The van der Waals surface area contributed by atoms with Crippen LogP contribution in [-0.2, 0) is 19.1 Å². The van der Waals surface area contributed by atoms with Gasteiger partial charge >= 0.3 is 11.9 Å². The smallest absolute Gasteiger partial charge is 0.324 e. The fourth-order valence-electron chi connectivity index (χ4n) is 1.02. The van der Waals surface area contributed by atoms with Crippen LogP contribution in [0.1, 0.15) is 27.7 Å². The van der Waals surface area contributed by atoms with Gasteiger partial charge in [0, 0.05) is 11.5 Å². The highest BCUT2D eigenvalue weighted by Crippen LogP contribution is 2.22. The summed E-state index contributed by atoms with van der Waals surface area (Å²) >= 11 is 0. The molecule has 4 N–H and O–H groups in total. The van der Waals surface area contributed by atoms with Crippen molar-refractivity contribution < 1.29 is 19.1 Å². The third kappa shape index (κ3) is 9.46. The maximum absolute atomic E-state index is 11.4. The molecule has 20 heavy (non-hydrogen) atoms. The molecule has 0 fully saturated rings. The first-order chi connectivity index (χ1) is 9.23. The number of rotatable bonds is 9. The number of hydrogen-bond acceptors (Lipinski definition) is 8. The van der Waals surface area contributed by atoms with E-state index in [1.165, 1.54) is 21.6 Å². The van der Waals surface area contributed by atoms with Crippen molar-refractivity contribution in [1.29, 1.82) is 0 Å². The molecule has 0 saturated heterocycles. The van der Waals surface area contributed by atoms with Gasteiger partial charge in [-0.1, -0.05) is 21.6 Å². The molecule has 0 radical (unpaired) electrons. The topological polar surface area (TPSA) is 105 Å². The van der Waals surface area contributed by atoms with Gasteiger partial charge in [0.25, 0.3) is 0 Å². The summed E-state index contributed by atoms with van der Waals surface area (Å²) in [5.41, 5.74) is 11.4. The van der Waals surface area contributed by atoms with E-state index in [1.807, 2.05) is 0 Å². The van der Waals surface area contributed by atoms with Gasteiger partial charge in [0.2, 0.25) is 0 Å². The Morgan fingerprint density at radius 3 is 1.40 bits per heavy atom. The van der Waals surface area contributed by atoms with Gasteiger partial charge in [-0.15, -0.1) is 0 Å². The molecule has 0 amide bonds. The Kier molecular flexibility index (Phi) is 10.1. The maximum atomic E-state index is 11.4. The van der Waals surface area contributed by atoms with Crippen LogP contribution >= 0.6 is 21.6 Å². The summed E-state index contributed by atoms with van der Waals surface area (Å²) in [5.74, 6) is -0.0297. The molecule has 118 valence electrons. The van der Waals surface area contributed by atoms with Gasteiger partial charge in [0.05, 0.1) is 12.2 Å². The normalized spacial score (nSPS) is 14.2. The summed E-state index contributed by atoms with van der Waals surface area (Å²) in [6.07, 6.45) is -0.351.